The van der Waals surface area contributed by atoms with Crippen molar-refractivity contribution in [2.45, 2.75) is 58.2 Å². The van der Waals surface area contributed by atoms with Gasteiger partial charge in [0, 0.05) is 13.2 Å². The van der Waals surface area contributed by atoms with Crippen LogP contribution in [0.2, 0.25) is 18.1 Å². The summed E-state index contributed by atoms with van der Waals surface area (Å²) in [5.74, 6) is 0. The molecule has 1 saturated carbocycles. The van der Waals surface area contributed by atoms with E-state index < -0.39 is 8.32 Å². The lowest BCUT2D eigenvalue weighted by atomic mass is 10.1. The van der Waals surface area contributed by atoms with Crippen molar-refractivity contribution in [3.63, 3.8) is 0 Å². The third-order valence-electron chi connectivity index (χ3n) is 4.14. The summed E-state index contributed by atoms with van der Waals surface area (Å²) in [4.78, 5) is 0. The first-order chi connectivity index (χ1) is 6.72. The molecule has 3 heteroatoms. The van der Waals surface area contributed by atoms with Gasteiger partial charge in [-0.2, -0.15) is 0 Å². The minimum absolute atomic E-state index is 0.294. The van der Waals surface area contributed by atoms with Gasteiger partial charge in [0.2, 0.25) is 0 Å². The van der Waals surface area contributed by atoms with E-state index in [0.29, 0.717) is 17.1 Å². The van der Waals surface area contributed by atoms with Gasteiger partial charge < -0.3 is 9.53 Å². The number of rotatable bonds is 5. The van der Waals surface area contributed by atoms with Crippen LogP contribution in [0, 0.1) is 5.41 Å². The molecule has 0 aromatic carbocycles. The highest BCUT2D eigenvalue weighted by Crippen LogP contribution is 2.50. The molecule has 15 heavy (non-hydrogen) atoms. The molecule has 0 saturated heterocycles. The third kappa shape index (κ3) is 3.30. The van der Waals surface area contributed by atoms with E-state index in [2.05, 4.69) is 33.9 Å². The monoisotopic (exact) mass is 230 g/mol. The van der Waals surface area contributed by atoms with E-state index in [4.69, 9.17) is 9.53 Å². The Kier molecular flexibility index (Phi) is 3.69. The summed E-state index contributed by atoms with van der Waals surface area (Å²) in [5.41, 5.74) is 0.338. The SMILES string of the molecule is CC(C)(C)[Si](C)(C)OCC1(CCO)CC1. The molecule has 1 N–H and O–H groups in total. The minimum atomic E-state index is -1.59. The summed E-state index contributed by atoms with van der Waals surface area (Å²) >= 11 is 0. The fraction of sp³-hybridized carbons (Fsp3) is 1.00. The summed E-state index contributed by atoms with van der Waals surface area (Å²) in [6.07, 6.45) is 3.39. The Morgan fingerprint density at radius 2 is 1.80 bits per heavy atom. The quantitative estimate of drug-likeness (QED) is 0.735. The van der Waals surface area contributed by atoms with Crippen LogP contribution < -0.4 is 0 Å². The highest BCUT2D eigenvalue weighted by Gasteiger charge is 2.45. The molecule has 1 aliphatic rings. The van der Waals surface area contributed by atoms with E-state index in [1.165, 1.54) is 12.8 Å². The number of hydrogen-bond acceptors (Lipinski definition) is 2. The zero-order valence-electron chi connectivity index (χ0n) is 10.9. The van der Waals surface area contributed by atoms with E-state index in [0.717, 1.165) is 13.0 Å². The van der Waals surface area contributed by atoms with Crippen LogP contribution in [0.3, 0.4) is 0 Å². The van der Waals surface area contributed by atoms with Gasteiger partial charge in [-0.1, -0.05) is 20.8 Å². The van der Waals surface area contributed by atoms with Crippen LogP contribution >= 0.6 is 0 Å². The zero-order chi connectivity index (χ0) is 11.7. The van der Waals surface area contributed by atoms with Crippen LogP contribution in [0.1, 0.15) is 40.0 Å². The van der Waals surface area contributed by atoms with Gasteiger partial charge in [-0.25, -0.2) is 0 Å². The predicted octanol–water partition coefficient (Wildman–Crippen LogP) is 3.17. The number of aliphatic hydroxyl groups is 1. The molecule has 0 amide bonds. The molecule has 0 bridgehead atoms. The molecular formula is C12H26O2Si. The van der Waals surface area contributed by atoms with Crippen LogP contribution in [-0.4, -0.2) is 26.6 Å². The molecule has 0 radical (unpaired) electrons. The second-order valence-electron chi connectivity index (χ2n) is 6.52. The number of aliphatic hydroxyl groups excluding tert-OH is 1. The van der Waals surface area contributed by atoms with Crippen molar-refractivity contribution in [2.75, 3.05) is 13.2 Å². The highest BCUT2D eigenvalue weighted by molar-refractivity contribution is 6.74. The Morgan fingerprint density at radius 3 is 2.13 bits per heavy atom. The second-order valence-corrected chi connectivity index (χ2v) is 11.3. The topological polar surface area (TPSA) is 29.5 Å². The number of hydrogen-bond donors (Lipinski definition) is 1. The molecule has 1 rings (SSSR count). The standard InChI is InChI=1S/C12H26O2Si/c1-11(2,3)15(4,5)14-10-12(6-7-12)8-9-13/h13H,6-10H2,1-5H3. The van der Waals surface area contributed by atoms with Crippen LogP contribution in [-0.2, 0) is 4.43 Å². The van der Waals surface area contributed by atoms with Crippen molar-refractivity contribution in [3.8, 4) is 0 Å². The van der Waals surface area contributed by atoms with Gasteiger partial charge in [0.1, 0.15) is 0 Å². The molecule has 0 aromatic heterocycles. The molecule has 90 valence electrons. The van der Waals surface area contributed by atoms with Crippen LogP contribution in [0.4, 0.5) is 0 Å². The fourth-order valence-corrected chi connectivity index (χ4v) is 2.53. The average Bonchev–Trinajstić information content (AvgIpc) is 2.81. The smallest absolute Gasteiger partial charge is 0.192 e. The van der Waals surface area contributed by atoms with Crippen LogP contribution in [0.15, 0.2) is 0 Å². The van der Waals surface area contributed by atoms with Gasteiger partial charge in [0.15, 0.2) is 8.32 Å². The normalized spacial score (nSPS) is 20.4. The molecule has 1 aliphatic carbocycles. The molecular weight excluding hydrogens is 204 g/mol. The summed E-state index contributed by atoms with van der Waals surface area (Å²) in [6, 6.07) is 0. The maximum Gasteiger partial charge on any atom is 0.192 e. The van der Waals surface area contributed by atoms with Gasteiger partial charge in [-0.3, -0.25) is 0 Å². The van der Waals surface area contributed by atoms with Crippen molar-refractivity contribution >= 4 is 8.32 Å². The van der Waals surface area contributed by atoms with Crippen molar-refractivity contribution in [3.05, 3.63) is 0 Å². The van der Waals surface area contributed by atoms with E-state index >= 15 is 0 Å². The molecule has 1 fully saturated rings. The largest absolute Gasteiger partial charge is 0.416 e. The van der Waals surface area contributed by atoms with E-state index in [-0.39, 0.29) is 0 Å². The van der Waals surface area contributed by atoms with Gasteiger partial charge in [0.05, 0.1) is 0 Å². The molecule has 0 aliphatic heterocycles. The van der Waals surface area contributed by atoms with Crippen LogP contribution in [0.5, 0.6) is 0 Å². The van der Waals surface area contributed by atoms with Gasteiger partial charge >= 0.3 is 0 Å². The van der Waals surface area contributed by atoms with Gasteiger partial charge in [0.25, 0.3) is 0 Å². The molecule has 0 atom stereocenters. The summed E-state index contributed by atoms with van der Waals surface area (Å²) < 4.78 is 6.20. The maximum atomic E-state index is 8.99. The second kappa shape index (κ2) is 4.19. The molecule has 0 aromatic rings. The summed E-state index contributed by atoms with van der Waals surface area (Å²) in [6.45, 7) is 12.6. The Morgan fingerprint density at radius 1 is 1.27 bits per heavy atom. The predicted molar refractivity (Wildman–Crippen MR) is 66.5 cm³/mol. The lowest BCUT2D eigenvalue weighted by molar-refractivity contribution is 0.173. The first kappa shape index (κ1) is 13.2. The molecule has 2 nitrogen and oxygen atoms in total. The van der Waals surface area contributed by atoms with Crippen molar-refractivity contribution < 1.29 is 9.53 Å². The van der Waals surface area contributed by atoms with Crippen molar-refractivity contribution in [2.24, 2.45) is 5.41 Å². The Balaban J connectivity index is 2.43. The summed E-state index contributed by atoms with van der Waals surface area (Å²) in [7, 11) is -1.59. The third-order valence-corrected chi connectivity index (χ3v) is 8.62. The Labute approximate surface area is 95.2 Å². The lowest BCUT2D eigenvalue weighted by Gasteiger charge is -2.37. The molecule has 0 heterocycles. The first-order valence-corrected chi connectivity index (χ1v) is 8.88. The summed E-state index contributed by atoms with van der Waals surface area (Å²) in [5, 5.41) is 9.28. The van der Waals surface area contributed by atoms with Crippen LogP contribution in [0.25, 0.3) is 0 Å². The highest BCUT2D eigenvalue weighted by atomic mass is 28.4. The zero-order valence-corrected chi connectivity index (χ0v) is 11.9. The molecule has 0 unspecified atom stereocenters. The van der Waals surface area contributed by atoms with Gasteiger partial charge in [-0.15, -0.1) is 0 Å². The van der Waals surface area contributed by atoms with E-state index in [1.807, 2.05) is 0 Å². The maximum absolute atomic E-state index is 8.99. The van der Waals surface area contributed by atoms with E-state index in [1.54, 1.807) is 0 Å². The van der Waals surface area contributed by atoms with Crippen molar-refractivity contribution in [1.29, 1.82) is 0 Å². The van der Waals surface area contributed by atoms with Gasteiger partial charge in [-0.05, 0) is 42.8 Å². The average molecular weight is 230 g/mol. The minimum Gasteiger partial charge on any atom is -0.416 e. The first-order valence-electron chi connectivity index (χ1n) is 5.97. The lowest BCUT2D eigenvalue weighted by Crippen LogP contribution is -2.42. The Hall–Kier alpha value is 0.137. The Bertz CT molecular complexity index is 214. The van der Waals surface area contributed by atoms with E-state index in [9.17, 15) is 0 Å². The molecule has 0 spiro atoms. The van der Waals surface area contributed by atoms with Crippen molar-refractivity contribution in [1.82, 2.24) is 0 Å². The fourth-order valence-electron chi connectivity index (χ4n) is 1.43.